The molecule has 0 heterocycles. The molecule has 0 amide bonds. The molecule has 2 nitrogen and oxygen atoms in total. The summed E-state index contributed by atoms with van der Waals surface area (Å²) in [5, 5.41) is 0. The minimum Gasteiger partial charge on any atom is -0.496 e. The highest BCUT2D eigenvalue weighted by atomic mass is 16.5. The molecule has 1 aromatic rings. The minimum absolute atomic E-state index is 0.0415. The molecule has 1 aliphatic rings. The van der Waals surface area contributed by atoms with Crippen LogP contribution in [0.25, 0.3) is 0 Å². The van der Waals surface area contributed by atoms with E-state index in [-0.39, 0.29) is 5.54 Å². The van der Waals surface area contributed by atoms with Crippen LogP contribution in [-0.4, -0.2) is 12.6 Å². The molecular weight excluding hydrogens is 222 g/mol. The van der Waals surface area contributed by atoms with Gasteiger partial charge in [0.05, 0.1) is 7.11 Å². The van der Waals surface area contributed by atoms with Gasteiger partial charge in [-0.2, -0.15) is 0 Å². The van der Waals surface area contributed by atoms with Gasteiger partial charge in [0, 0.05) is 5.54 Å². The molecule has 1 saturated carbocycles. The lowest BCUT2D eigenvalue weighted by atomic mass is 9.91. The van der Waals surface area contributed by atoms with Crippen LogP contribution >= 0.6 is 0 Å². The van der Waals surface area contributed by atoms with E-state index in [1.54, 1.807) is 7.11 Å². The summed E-state index contributed by atoms with van der Waals surface area (Å²) in [5.41, 5.74) is 8.99. The number of methoxy groups -OCH3 is 1. The van der Waals surface area contributed by atoms with E-state index in [9.17, 15) is 0 Å². The molecule has 1 fully saturated rings. The maximum atomic E-state index is 6.24. The fourth-order valence-electron chi connectivity index (χ4n) is 2.67. The SMILES string of the molecule is CCC(CC)c1ccc(OC)c(CC2(N)CC2)c1. The van der Waals surface area contributed by atoms with Gasteiger partial charge in [-0.05, 0) is 55.2 Å². The zero-order chi connectivity index (χ0) is 13.2. The molecule has 2 rings (SSSR count). The Morgan fingerprint density at radius 2 is 1.94 bits per heavy atom. The van der Waals surface area contributed by atoms with Crippen LogP contribution in [0.15, 0.2) is 18.2 Å². The second-order valence-corrected chi connectivity index (χ2v) is 5.62. The zero-order valence-corrected chi connectivity index (χ0v) is 11.8. The highest BCUT2D eigenvalue weighted by Crippen LogP contribution is 2.38. The molecule has 1 aliphatic carbocycles. The van der Waals surface area contributed by atoms with E-state index < -0.39 is 0 Å². The molecule has 0 aliphatic heterocycles. The second-order valence-electron chi connectivity index (χ2n) is 5.62. The largest absolute Gasteiger partial charge is 0.496 e. The first kappa shape index (κ1) is 13.4. The molecule has 2 N–H and O–H groups in total. The van der Waals surface area contributed by atoms with Gasteiger partial charge in [-0.3, -0.25) is 0 Å². The highest BCUT2D eigenvalue weighted by molar-refractivity contribution is 5.40. The third-order valence-corrected chi connectivity index (χ3v) is 4.20. The minimum atomic E-state index is 0.0415. The number of nitrogens with two attached hydrogens (primary N) is 1. The van der Waals surface area contributed by atoms with E-state index >= 15 is 0 Å². The van der Waals surface area contributed by atoms with Crippen molar-refractivity contribution in [2.24, 2.45) is 5.73 Å². The van der Waals surface area contributed by atoms with E-state index in [2.05, 4.69) is 32.0 Å². The number of ether oxygens (including phenoxy) is 1. The maximum Gasteiger partial charge on any atom is 0.122 e. The van der Waals surface area contributed by atoms with Crippen LogP contribution < -0.4 is 10.5 Å². The molecule has 0 aromatic heterocycles. The Kier molecular flexibility index (Phi) is 3.96. The van der Waals surface area contributed by atoms with Gasteiger partial charge < -0.3 is 10.5 Å². The fourth-order valence-corrected chi connectivity index (χ4v) is 2.67. The van der Waals surface area contributed by atoms with Crippen LogP contribution in [0.1, 0.15) is 56.6 Å². The van der Waals surface area contributed by atoms with Crippen molar-refractivity contribution in [1.29, 1.82) is 0 Å². The molecule has 0 atom stereocenters. The number of hydrogen-bond acceptors (Lipinski definition) is 2. The first-order valence-electron chi connectivity index (χ1n) is 7.07. The summed E-state index contributed by atoms with van der Waals surface area (Å²) in [6, 6.07) is 6.62. The Morgan fingerprint density at radius 3 is 2.44 bits per heavy atom. The smallest absolute Gasteiger partial charge is 0.122 e. The van der Waals surface area contributed by atoms with E-state index in [4.69, 9.17) is 10.5 Å². The number of hydrogen-bond donors (Lipinski definition) is 1. The van der Waals surface area contributed by atoms with Crippen molar-refractivity contribution in [2.75, 3.05) is 7.11 Å². The average molecular weight is 247 g/mol. The third-order valence-electron chi connectivity index (χ3n) is 4.20. The monoisotopic (exact) mass is 247 g/mol. The van der Waals surface area contributed by atoms with E-state index in [1.807, 2.05) is 0 Å². The van der Waals surface area contributed by atoms with Crippen LogP contribution in [0.2, 0.25) is 0 Å². The predicted molar refractivity (Wildman–Crippen MR) is 76.2 cm³/mol. The molecule has 1 aromatic carbocycles. The lowest BCUT2D eigenvalue weighted by molar-refractivity contribution is 0.407. The van der Waals surface area contributed by atoms with E-state index in [0.717, 1.165) is 25.0 Å². The summed E-state index contributed by atoms with van der Waals surface area (Å²) < 4.78 is 5.47. The molecule has 0 bridgehead atoms. The molecule has 0 saturated heterocycles. The molecule has 0 radical (unpaired) electrons. The van der Waals surface area contributed by atoms with Crippen LogP contribution in [0.4, 0.5) is 0 Å². The first-order valence-corrected chi connectivity index (χ1v) is 7.07. The summed E-state index contributed by atoms with van der Waals surface area (Å²) >= 11 is 0. The van der Waals surface area contributed by atoms with Crippen molar-refractivity contribution >= 4 is 0 Å². The highest BCUT2D eigenvalue weighted by Gasteiger charge is 2.38. The second kappa shape index (κ2) is 5.31. The summed E-state index contributed by atoms with van der Waals surface area (Å²) in [6.07, 6.45) is 5.62. The van der Waals surface area contributed by atoms with Crippen molar-refractivity contribution in [3.63, 3.8) is 0 Å². The maximum absolute atomic E-state index is 6.24. The Bertz CT molecular complexity index is 406. The summed E-state index contributed by atoms with van der Waals surface area (Å²) in [5.74, 6) is 1.64. The quantitative estimate of drug-likeness (QED) is 0.833. The topological polar surface area (TPSA) is 35.2 Å². The van der Waals surface area contributed by atoms with Gasteiger partial charge >= 0.3 is 0 Å². The predicted octanol–water partition coefficient (Wildman–Crippen LogP) is 3.63. The first-order chi connectivity index (χ1) is 8.61. The summed E-state index contributed by atoms with van der Waals surface area (Å²) in [4.78, 5) is 0. The normalized spacial score (nSPS) is 16.9. The molecule has 100 valence electrons. The molecule has 0 spiro atoms. The lowest BCUT2D eigenvalue weighted by Crippen LogP contribution is -2.24. The fraction of sp³-hybridized carbons (Fsp3) is 0.625. The third kappa shape index (κ3) is 2.86. The van der Waals surface area contributed by atoms with Gasteiger partial charge in [-0.15, -0.1) is 0 Å². The van der Waals surface area contributed by atoms with Crippen LogP contribution in [0.3, 0.4) is 0 Å². The Labute approximate surface area is 111 Å². The van der Waals surface area contributed by atoms with Crippen molar-refractivity contribution in [3.8, 4) is 5.75 Å². The van der Waals surface area contributed by atoms with Crippen molar-refractivity contribution < 1.29 is 4.74 Å². The van der Waals surface area contributed by atoms with Crippen molar-refractivity contribution in [3.05, 3.63) is 29.3 Å². The van der Waals surface area contributed by atoms with E-state index in [1.165, 1.54) is 24.0 Å². The van der Waals surface area contributed by atoms with Gasteiger partial charge in [0.15, 0.2) is 0 Å². The van der Waals surface area contributed by atoms with Gasteiger partial charge in [-0.1, -0.05) is 26.0 Å². The number of rotatable bonds is 6. The Morgan fingerprint density at radius 1 is 1.28 bits per heavy atom. The summed E-state index contributed by atoms with van der Waals surface area (Å²) in [6.45, 7) is 4.51. The molecular formula is C16H25NO. The standard InChI is InChI=1S/C16H25NO/c1-4-12(5-2)13-6-7-15(18-3)14(10-13)11-16(17)8-9-16/h6-7,10,12H,4-5,8-9,11,17H2,1-3H3. The Hall–Kier alpha value is -1.02. The van der Waals surface area contributed by atoms with Crippen LogP contribution in [0, 0.1) is 0 Å². The average Bonchev–Trinajstić information content (AvgIpc) is 3.09. The zero-order valence-electron chi connectivity index (χ0n) is 11.8. The van der Waals surface area contributed by atoms with E-state index in [0.29, 0.717) is 5.92 Å². The number of benzene rings is 1. The van der Waals surface area contributed by atoms with Gasteiger partial charge in [0.2, 0.25) is 0 Å². The summed E-state index contributed by atoms with van der Waals surface area (Å²) in [7, 11) is 1.74. The van der Waals surface area contributed by atoms with Crippen LogP contribution in [0.5, 0.6) is 5.75 Å². The van der Waals surface area contributed by atoms with Crippen molar-refractivity contribution in [2.45, 2.75) is 57.4 Å². The van der Waals surface area contributed by atoms with Gasteiger partial charge in [0.1, 0.15) is 5.75 Å². The molecule has 2 heteroatoms. The van der Waals surface area contributed by atoms with Crippen LogP contribution in [-0.2, 0) is 6.42 Å². The van der Waals surface area contributed by atoms with Gasteiger partial charge in [-0.25, -0.2) is 0 Å². The Balaban J connectivity index is 2.26. The van der Waals surface area contributed by atoms with Gasteiger partial charge in [0.25, 0.3) is 0 Å². The molecule has 18 heavy (non-hydrogen) atoms. The molecule has 0 unspecified atom stereocenters. The lowest BCUT2D eigenvalue weighted by Gasteiger charge is -2.18. The van der Waals surface area contributed by atoms with Crippen molar-refractivity contribution in [1.82, 2.24) is 0 Å².